The minimum atomic E-state index is -0.458. The normalized spacial score (nSPS) is 18.0. The van der Waals surface area contributed by atoms with Gasteiger partial charge in [-0.1, -0.05) is 6.92 Å². The van der Waals surface area contributed by atoms with Crippen molar-refractivity contribution < 1.29 is 14.4 Å². The lowest BCUT2D eigenvalue weighted by atomic mass is 10.1. The Morgan fingerprint density at radius 3 is 2.59 bits per heavy atom. The zero-order valence-corrected chi connectivity index (χ0v) is 18.3. The summed E-state index contributed by atoms with van der Waals surface area (Å²) >= 11 is 0. The van der Waals surface area contributed by atoms with E-state index in [9.17, 15) is 14.4 Å². The van der Waals surface area contributed by atoms with Crippen molar-refractivity contribution in [3.63, 3.8) is 0 Å². The van der Waals surface area contributed by atoms with Gasteiger partial charge in [-0.05, 0) is 37.5 Å². The van der Waals surface area contributed by atoms with Crippen molar-refractivity contribution in [3.05, 3.63) is 48.7 Å². The van der Waals surface area contributed by atoms with Crippen LogP contribution in [0.3, 0.4) is 0 Å². The highest BCUT2D eigenvalue weighted by atomic mass is 16.2. The summed E-state index contributed by atoms with van der Waals surface area (Å²) in [6.07, 6.45) is 7.14. The van der Waals surface area contributed by atoms with Crippen molar-refractivity contribution in [3.8, 4) is 0 Å². The standard InChI is InChI=1S/C23H26N6O3/c1-14-6-21(23(32)24-3)29(10-14)22(31)12-28-11-19(15(2)30)18-7-16(4-5-20(18)28)27-17-8-25-13-26-9-17/h4-5,7-9,11,13-14,21,27H,6,10,12H2,1-3H3,(H,24,32)/t14-,21+/m1/s1. The zero-order valence-electron chi connectivity index (χ0n) is 18.3. The highest BCUT2D eigenvalue weighted by Gasteiger charge is 2.37. The summed E-state index contributed by atoms with van der Waals surface area (Å²) in [6.45, 7) is 4.15. The van der Waals surface area contributed by atoms with E-state index >= 15 is 0 Å². The van der Waals surface area contributed by atoms with Crippen LogP contribution < -0.4 is 10.6 Å². The Morgan fingerprint density at radius 2 is 1.91 bits per heavy atom. The number of amides is 2. The summed E-state index contributed by atoms with van der Waals surface area (Å²) in [5.41, 5.74) is 2.83. The lowest BCUT2D eigenvalue weighted by Crippen LogP contribution is -2.46. The summed E-state index contributed by atoms with van der Waals surface area (Å²) < 4.78 is 1.79. The average Bonchev–Trinajstić information content (AvgIpc) is 3.34. The smallest absolute Gasteiger partial charge is 0.243 e. The number of nitrogens with zero attached hydrogens (tertiary/aromatic N) is 4. The molecule has 1 aliphatic rings. The Balaban J connectivity index is 1.63. The second kappa shape index (κ2) is 8.78. The minimum absolute atomic E-state index is 0.0588. The molecule has 2 aromatic heterocycles. The van der Waals surface area contributed by atoms with E-state index in [1.807, 2.05) is 25.1 Å². The van der Waals surface area contributed by atoms with E-state index in [1.54, 1.807) is 35.1 Å². The second-order valence-corrected chi connectivity index (χ2v) is 8.23. The van der Waals surface area contributed by atoms with Gasteiger partial charge in [0.05, 0.1) is 18.1 Å². The minimum Gasteiger partial charge on any atom is -0.357 e. The highest BCUT2D eigenvalue weighted by molar-refractivity contribution is 6.08. The van der Waals surface area contributed by atoms with E-state index in [4.69, 9.17) is 0 Å². The molecule has 2 atom stereocenters. The van der Waals surface area contributed by atoms with Gasteiger partial charge in [0.1, 0.15) is 18.9 Å². The molecule has 0 radical (unpaired) electrons. The van der Waals surface area contributed by atoms with E-state index in [0.717, 1.165) is 22.3 Å². The van der Waals surface area contributed by atoms with Crippen LogP contribution in [0.5, 0.6) is 0 Å². The molecule has 1 saturated heterocycles. The first kappa shape index (κ1) is 21.5. The number of hydrogen-bond acceptors (Lipinski definition) is 6. The Morgan fingerprint density at radius 1 is 1.16 bits per heavy atom. The quantitative estimate of drug-likeness (QED) is 0.577. The Hall–Kier alpha value is -3.75. The van der Waals surface area contributed by atoms with Crippen LogP contribution in [-0.4, -0.2) is 56.7 Å². The van der Waals surface area contributed by atoms with Crippen LogP contribution in [-0.2, 0) is 16.1 Å². The van der Waals surface area contributed by atoms with Crippen LogP contribution in [0, 0.1) is 5.92 Å². The van der Waals surface area contributed by atoms with Gasteiger partial charge in [-0.3, -0.25) is 14.4 Å². The van der Waals surface area contributed by atoms with Gasteiger partial charge < -0.3 is 20.1 Å². The first-order chi connectivity index (χ1) is 15.4. The molecule has 0 saturated carbocycles. The molecule has 1 aromatic carbocycles. The zero-order chi connectivity index (χ0) is 22.8. The number of carbonyl (C=O) groups excluding carboxylic acids is 3. The van der Waals surface area contributed by atoms with Gasteiger partial charge in [-0.25, -0.2) is 9.97 Å². The third kappa shape index (κ3) is 4.18. The van der Waals surface area contributed by atoms with Crippen molar-refractivity contribution in [1.82, 2.24) is 24.8 Å². The molecule has 9 nitrogen and oxygen atoms in total. The van der Waals surface area contributed by atoms with Crippen LogP contribution in [0.15, 0.2) is 43.1 Å². The van der Waals surface area contributed by atoms with E-state index in [1.165, 1.54) is 13.3 Å². The molecule has 2 N–H and O–H groups in total. The number of fused-ring (bicyclic) bond motifs is 1. The van der Waals surface area contributed by atoms with E-state index in [0.29, 0.717) is 18.5 Å². The van der Waals surface area contributed by atoms with Crippen molar-refractivity contribution >= 4 is 39.9 Å². The predicted octanol–water partition coefficient (Wildman–Crippen LogP) is 2.36. The number of likely N-dealkylation sites (N-methyl/N-ethyl adjacent to an activating group) is 1. The Labute approximate surface area is 185 Å². The average molecular weight is 435 g/mol. The topological polar surface area (TPSA) is 109 Å². The monoisotopic (exact) mass is 434 g/mol. The number of aromatic nitrogens is 3. The van der Waals surface area contributed by atoms with Crippen LogP contribution in [0.2, 0.25) is 0 Å². The SMILES string of the molecule is CNC(=O)[C@@H]1C[C@@H](C)CN1C(=O)Cn1cc(C(C)=O)c2cc(Nc3cncnc3)ccc21. The predicted molar refractivity (Wildman–Crippen MR) is 121 cm³/mol. The number of benzene rings is 1. The summed E-state index contributed by atoms with van der Waals surface area (Å²) in [7, 11) is 1.58. The third-order valence-electron chi connectivity index (χ3n) is 5.79. The molecule has 9 heteroatoms. The van der Waals surface area contributed by atoms with Gasteiger partial charge in [0, 0.05) is 41.9 Å². The summed E-state index contributed by atoms with van der Waals surface area (Å²) in [4.78, 5) is 47.3. The molecule has 166 valence electrons. The summed E-state index contributed by atoms with van der Waals surface area (Å²) in [5.74, 6) is -0.117. The number of ketones is 1. The van der Waals surface area contributed by atoms with Gasteiger partial charge in [0.15, 0.2) is 5.78 Å². The first-order valence-corrected chi connectivity index (χ1v) is 10.5. The van der Waals surface area contributed by atoms with Crippen molar-refractivity contribution in [2.75, 3.05) is 18.9 Å². The van der Waals surface area contributed by atoms with Gasteiger partial charge in [-0.15, -0.1) is 0 Å². The molecule has 3 aromatic rings. The molecule has 3 heterocycles. The number of Topliss-reactive ketones (excluding diaryl/α,β-unsaturated/α-hetero) is 1. The fourth-order valence-electron chi connectivity index (χ4n) is 4.29. The second-order valence-electron chi connectivity index (χ2n) is 8.23. The van der Waals surface area contributed by atoms with Gasteiger partial charge >= 0.3 is 0 Å². The van der Waals surface area contributed by atoms with Crippen molar-refractivity contribution in [1.29, 1.82) is 0 Å². The maximum absolute atomic E-state index is 13.1. The molecule has 4 rings (SSSR count). The van der Waals surface area contributed by atoms with Gasteiger partial charge in [0.2, 0.25) is 11.8 Å². The van der Waals surface area contributed by atoms with Crippen molar-refractivity contribution in [2.24, 2.45) is 5.92 Å². The van der Waals surface area contributed by atoms with Crippen LogP contribution in [0.4, 0.5) is 11.4 Å². The Kier molecular flexibility index (Phi) is 5.89. The molecule has 1 aliphatic heterocycles. The van der Waals surface area contributed by atoms with Gasteiger partial charge in [-0.2, -0.15) is 0 Å². The summed E-state index contributed by atoms with van der Waals surface area (Å²) in [6, 6.07) is 5.18. The molecule has 0 bridgehead atoms. The van der Waals surface area contributed by atoms with Crippen LogP contribution in [0.25, 0.3) is 10.9 Å². The molecular weight excluding hydrogens is 408 g/mol. The maximum atomic E-state index is 13.1. The lowest BCUT2D eigenvalue weighted by molar-refractivity contribution is -0.138. The summed E-state index contributed by atoms with van der Waals surface area (Å²) in [5, 5.41) is 6.63. The molecule has 0 spiro atoms. The number of rotatable bonds is 6. The van der Waals surface area contributed by atoms with Gasteiger partial charge in [0.25, 0.3) is 0 Å². The number of hydrogen-bond donors (Lipinski definition) is 2. The molecular formula is C23H26N6O3. The van der Waals surface area contributed by atoms with Crippen LogP contribution >= 0.6 is 0 Å². The maximum Gasteiger partial charge on any atom is 0.243 e. The lowest BCUT2D eigenvalue weighted by Gasteiger charge is -2.23. The molecule has 0 aliphatic carbocycles. The van der Waals surface area contributed by atoms with E-state index < -0.39 is 6.04 Å². The van der Waals surface area contributed by atoms with E-state index in [-0.39, 0.29) is 30.1 Å². The largest absolute Gasteiger partial charge is 0.357 e. The molecule has 0 unspecified atom stereocenters. The Bertz CT molecular complexity index is 1170. The first-order valence-electron chi connectivity index (χ1n) is 10.5. The number of carbonyl (C=O) groups is 3. The number of nitrogens with one attached hydrogen (secondary N) is 2. The molecule has 1 fully saturated rings. The number of anilines is 2. The molecule has 2 amide bonds. The third-order valence-corrected chi connectivity index (χ3v) is 5.79. The van der Waals surface area contributed by atoms with Crippen molar-refractivity contribution in [2.45, 2.75) is 32.9 Å². The fourth-order valence-corrected chi connectivity index (χ4v) is 4.29. The number of likely N-dealkylation sites (tertiary alicyclic amines) is 1. The van der Waals surface area contributed by atoms with Crippen LogP contribution in [0.1, 0.15) is 30.6 Å². The fraction of sp³-hybridized carbons (Fsp3) is 0.348. The molecule has 32 heavy (non-hydrogen) atoms. The highest BCUT2D eigenvalue weighted by Crippen LogP contribution is 2.28. The van der Waals surface area contributed by atoms with E-state index in [2.05, 4.69) is 20.6 Å².